The fourth-order valence-corrected chi connectivity index (χ4v) is 3.75. The summed E-state index contributed by atoms with van der Waals surface area (Å²) in [5, 5.41) is 0. The summed E-state index contributed by atoms with van der Waals surface area (Å²) in [5.41, 5.74) is 0. The third-order valence-corrected chi connectivity index (χ3v) is 4.63. The second-order valence-corrected chi connectivity index (χ2v) is 6.50. The largest absolute Gasteiger partial charge is 0.462 e. The van der Waals surface area contributed by atoms with Crippen molar-refractivity contribution in [1.82, 2.24) is 0 Å². The Morgan fingerprint density at radius 3 is 2.37 bits per heavy atom. The highest BCUT2D eigenvalue weighted by atomic mass is 16.5. The molecule has 19 heavy (non-hydrogen) atoms. The van der Waals surface area contributed by atoms with Gasteiger partial charge in [0.15, 0.2) is 0 Å². The molecule has 0 aromatic carbocycles. The van der Waals surface area contributed by atoms with E-state index in [1.165, 1.54) is 13.3 Å². The van der Waals surface area contributed by atoms with Crippen molar-refractivity contribution < 1.29 is 9.53 Å². The van der Waals surface area contributed by atoms with Crippen LogP contribution in [0.25, 0.3) is 0 Å². The van der Waals surface area contributed by atoms with E-state index in [1.54, 1.807) is 0 Å². The summed E-state index contributed by atoms with van der Waals surface area (Å²) < 4.78 is 5.67. The highest BCUT2D eigenvalue weighted by Crippen LogP contribution is 2.43. The first-order valence-electron chi connectivity index (χ1n) is 7.68. The number of esters is 1. The maximum absolute atomic E-state index is 11.4. The van der Waals surface area contributed by atoms with E-state index in [2.05, 4.69) is 46.8 Å². The molecule has 1 aliphatic carbocycles. The first kappa shape index (κ1) is 16.3. The third-order valence-electron chi connectivity index (χ3n) is 4.63. The minimum Gasteiger partial charge on any atom is -0.462 e. The zero-order valence-electron chi connectivity index (χ0n) is 13.3. The van der Waals surface area contributed by atoms with Gasteiger partial charge in [0.2, 0.25) is 0 Å². The van der Waals surface area contributed by atoms with Gasteiger partial charge in [0.1, 0.15) is 6.10 Å². The van der Waals surface area contributed by atoms with Crippen molar-refractivity contribution >= 4 is 5.97 Å². The van der Waals surface area contributed by atoms with Crippen molar-refractivity contribution in [1.29, 1.82) is 0 Å². The summed E-state index contributed by atoms with van der Waals surface area (Å²) in [7, 11) is 0. The van der Waals surface area contributed by atoms with Crippen molar-refractivity contribution in [2.45, 2.75) is 60.5 Å². The summed E-state index contributed by atoms with van der Waals surface area (Å²) in [6.45, 7) is 12.6. The third kappa shape index (κ3) is 4.09. The molecule has 0 heterocycles. The van der Waals surface area contributed by atoms with Gasteiger partial charge in [-0.1, -0.05) is 39.8 Å². The number of ether oxygens (including phenoxy) is 1. The van der Waals surface area contributed by atoms with Crippen LogP contribution < -0.4 is 0 Å². The summed E-state index contributed by atoms with van der Waals surface area (Å²) in [4.78, 5) is 11.4. The average molecular weight is 266 g/mol. The monoisotopic (exact) mass is 266 g/mol. The molecule has 2 nitrogen and oxygen atoms in total. The van der Waals surface area contributed by atoms with Crippen LogP contribution in [-0.2, 0) is 9.53 Å². The molecule has 1 saturated carbocycles. The zero-order chi connectivity index (χ0) is 14.6. The van der Waals surface area contributed by atoms with Crippen molar-refractivity contribution in [3.63, 3.8) is 0 Å². The number of allylic oxidation sites excluding steroid dienone is 2. The van der Waals surface area contributed by atoms with E-state index >= 15 is 0 Å². The van der Waals surface area contributed by atoms with Gasteiger partial charge < -0.3 is 4.74 Å². The van der Waals surface area contributed by atoms with E-state index in [0.717, 1.165) is 6.42 Å². The lowest BCUT2D eigenvalue weighted by Crippen LogP contribution is -2.45. The van der Waals surface area contributed by atoms with Crippen molar-refractivity contribution in [3.8, 4) is 0 Å². The second-order valence-electron chi connectivity index (χ2n) is 6.50. The Balaban J connectivity index is 2.96. The Bertz CT molecular complexity index is 319. The van der Waals surface area contributed by atoms with Crippen LogP contribution in [-0.4, -0.2) is 12.1 Å². The molecule has 0 bridgehead atoms. The van der Waals surface area contributed by atoms with Gasteiger partial charge in [-0.2, -0.15) is 0 Å². The minimum atomic E-state index is -0.137. The minimum absolute atomic E-state index is 0.0870. The van der Waals surface area contributed by atoms with E-state index < -0.39 is 0 Å². The molecule has 0 amide bonds. The van der Waals surface area contributed by atoms with Crippen LogP contribution in [0.4, 0.5) is 0 Å². The van der Waals surface area contributed by atoms with Crippen LogP contribution in [0.3, 0.4) is 0 Å². The quantitative estimate of drug-likeness (QED) is 0.555. The van der Waals surface area contributed by atoms with Crippen LogP contribution >= 0.6 is 0 Å². The summed E-state index contributed by atoms with van der Waals surface area (Å²) in [6.07, 6.45) is 6.92. The Morgan fingerprint density at radius 2 is 1.89 bits per heavy atom. The smallest absolute Gasteiger partial charge is 0.302 e. The molecule has 0 aromatic heterocycles. The first-order chi connectivity index (χ1) is 8.88. The Kier molecular flexibility index (Phi) is 6.09. The van der Waals surface area contributed by atoms with Crippen LogP contribution in [0.2, 0.25) is 0 Å². The van der Waals surface area contributed by atoms with Crippen molar-refractivity contribution in [2.75, 3.05) is 0 Å². The van der Waals surface area contributed by atoms with E-state index in [9.17, 15) is 4.79 Å². The van der Waals surface area contributed by atoms with Gasteiger partial charge in [0.25, 0.3) is 0 Å². The Labute approximate surface area is 118 Å². The standard InChI is InChI=1S/C17H30O2/c1-7-8-12(4)15-10-9-13(5)17(19-14(6)18)16(15)11(2)3/h7-8,11-13,15-17H,9-10H2,1-6H3/b8-7+/t12?,13-,15?,16-,17-/m1/s1. The van der Waals surface area contributed by atoms with Crippen LogP contribution in [0.1, 0.15) is 54.4 Å². The molecule has 1 aliphatic rings. The number of carbonyl (C=O) groups excluding carboxylic acids is 1. The molecule has 0 saturated heterocycles. The van der Waals surface area contributed by atoms with E-state index in [0.29, 0.717) is 29.6 Å². The van der Waals surface area contributed by atoms with Crippen LogP contribution in [0.15, 0.2) is 12.2 Å². The van der Waals surface area contributed by atoms with Gasteiger partial charge >= 0.3 is 5.97 Å². The Morgan fingerprint density at radius 1 is 1.26 bits per heavy atom. The molecule has 0 N–H and O–H groups in total. The molecule has 2 heteroatoms. The molecule has 110 valence electrons. The summed E-state index contributed by atoms with van der Waals surface area (Å²) in [6, 6.07) is 0. The molecule has 1 fully saturated rings. The fraction of sp³-hybridized carbons (Fsp3) is 0.824. The number of hydrogen-bond donors (Lipinski definition) is 0. The van der Waals surface area contributed by atoms with Crippen molar-refractivity contribution in [2.24, 2.45) is 29.6 Å². The number of hydrogen-bond acceptors (Lipinski definition) is 2. The molecule has 5 atom stereocenters. The summed E-state index contributed by atoms with van der Waals surface area (Å²) >= 11 is 0. The summed E-state index contributed by atoms with van der Waals surface area (Å²) in [5.74, 6) is 2.54. The predicted molar refractivity (Wildman–Crippen MR) is 79.7 cm³/mol. The SMILES string of the molecule is C/C=C/C(C)C1CC[C@@H](C)[C@@H](OC(C)=O)[C@@H]1C(C)C. The highest BCUT2D eigenvalue weighted by molar-refractivity contribution is 5.66. The van der Waals surface area contributed by atoms with Gasteiger partial charge in [0, 0.05) is 12.8 Å². The topological polar surface area (TPSA) is 26.3 Å². The van der Waals surface area contributed by atoms with Gasteiger partial charge in [0.05, 0.1) is 0 Å². The maximum Gasteiger partial charge on any atom is 0.302 e. The molecule has 0 spiro atoms. The molecule has 0 radical (unpaired) electrons. The van der Waals surface area contributed by atoms with Gasteiger partial charge in [-0.25, -0.2) is 0 Å². The maximum atomic E-state index is 11.4. The van der Waals surface area contributed by atoms with E-state index in [4.69, 9.17) is 4.74 Å². The van der Waals surface area contributed by atoms with Gasteiger partial charge in [-0.15, -0.1) is 0 Å². The van der Waals surface area contributed by atoms with E-state index in [-0.39, 0.29) is 12.1 Å². The second kappa shape index (κ2) is 7.12. The normalized spacial score (nSPS) is 33.6. The lowest BCUT2D eigenvalue weighted by atomic mass is 9.64. The highest BCUT2D eigenvalue weighted by Gasteiger charge is 2.42. The Hall–Kier alpha value is -0.790. The average Bonchev–Trinajstić information content (AvgIpc) is 2.30. The molecule has 1 rings (SSSR count). The lowest BCUT2D eigenvalue weighted by molar-refractivity contribution is -0.159. The van der Waals surface area contributed by atoms with Gasteiger partial charge in [-0.05, 0) is 43.4 Å². The number of rotatable bonds is 4. The number of carbonyl (C=O) groups is 1. The molecular weight excluding hydrogens is 236 g/mol. The lowest BCUT2D eigenvalue weighted by Gasteiger charge is -2.45. The predicted octanol–water partition coefficient (Wildman–Crippen LogP) is 4.45. The molecular formula is C17H30O2. The first-order valence-corrected chi connectivity index (χ1v) is 7.68. The van der Waals surface area contributed by atoms with Crippen molar-refractivity contribution in [3.05, 3.63) is 12.2 Å². The zero-order valence-corrected chi connectivity index (χ0v) is 13.3. The van der Waals surface area contributed by atoms with Crippen LogP contribution in [0, 0.1) is 29.6 Å². The van der Waals surface area contributed by atoms with E-state index in [1.807, 2.05) is 0 Å². The van der Waals surface area contributed by atoms with Gasteiger partial charge in [-0.3, -0.25) is 4.79 Å². The fourth-order valence-electron chi connectivity index (χ4n) is 3.75. The van der Waals surface area contributed by atoms with Crippen LogP contribution in [0.5, 0.6) is 0 Å². The molecule has 2 unspecified atom stereocenters. The molecule has 0 aliphatic heterocycles. The molecule has 0 aromatic rings.